The maximum absolute atomic E-state index is 12.1. The van der Waals surface area contributed by atoms with Crippen molar-refractivity contribution in [2.45, 2.75) is 32.1 Å². The molecular weight excluding hydrogens is 443 g/mol. The molecule has 0 aliphatic carbocycles. The van der Waals surface area contributed by atoms with Gasteiger partial charge in [-0.15, -0.1) is 24.0 Å². The Balaban J connectivity index is 0.00000338. The van der Waals surface area contributed by atoms with Gasteiger partial charge < -0.3 is 20.6 Å². The number of benzene rings is 1. The molecule has 26 heavy (non-hydrogen) atoms. The molecule has 0 radical (unpaired) electrons. The standard InChI is InChI=1S/C19H30N4O2.HI/c1-2-20-19(21-11-10-18(25)23-12-6-7-13-23)22-14-17(15-24)16-8-4-3-5-9-16;/h3-5,8-9,17,24H,2,6-7,10-15H2,1H3,(H2,20,21,22);1H. The fourth-order valence-corrected chi connectivity index (χ4v) is 2.95. The molecule has 0 spiro atoms. The lowest BCUT2D eigenvalue weighted by atomic mass is 10.0. The Hall–Kier alpha value is -1.35. The maximum Gasteiger partial charge on any atom is 0.224 e. The van der Waals surface area contributed by atoms with Crippen molar-refractivity contribution >= 4 is 35.8 Å². The minimum atomic E-state index is -0.0251. The molecule has 1 aliphatic heterocycles. The largest absolute Gasteiger partial charge is 0.396 e. The summed E-state index contributed by atoms with van der Waals surface area (Å²) < 4.78 is 0. The third kappa shape index (κ3) is 7.49. The number of amides is 1. The molecule has 2 rings (SSSR count). The number of nitrogens with zero attached hydrogens (tertiary/aromatic N) is 2. The van der Waals surface area contributed by atoms with Crippen molar-refractivity contribution in [2.75, 3.05) is 39.3 Å². The number of guanidine groups is 1. The first kappa shape index (κ1) is 22.7. The van der Waals surface area contributed by atoms with Gasteiger partial charge in [0.2, 0.25) is 5.91 Å². The average Bonchev–Trinajstić information content (AvgIpc) is 3.18. The SMILES string of the molecule is CCNC(=NCC(CO)c1ccccc1)NCCC(=O)N1CCCC1.I. The van der Waals surface area contributed by atoms with Gasteiger partial charge in [-0.3, -0.25) is 9.79 Å². The summed E-state index contributed by atoms with van der Waals surface area (Å²) in [5, 5.41) is 16.0. The molecule has 1 aliphatic rings. The van der Waals surface area contributed by atoms with Crippen molar-refractivity contribution in [3.63, 3.8) is 0 Å². The van der Waals surface area contributed by atoms with Crippen molar-refractivity contribution in [3.05, 3.63) is 35.9 Å². The molecule has 1 amide bonds. The van der Waals surface area contributed by atoms with Crippen LogP contribution in [0.4, 0.5) is 0 Å². The highest BCUT2D eigenvalue weighted by atomic mass is 127. The summed E-state index contributed by atoms with van der Waals surface area (Å²) in [5.41, 5.74) is 1.08. The quantitative estimate of drug-likeness (QED) is 0.306. The molecule has 1 saturated heterocycles. The summed E-state index contributed by atoms with van der Waals surface area (Å²) in [4.78, 5) is 18.6. The molecule has 0 bridgehead atoms. The third-order valence-electron chi connectivity index (χ3n) is 4.40. The zero-order valence-corrected chi connectivity index (χ0v) is 17.8. The Morgan fingerprint density at radius 3 is 2.54 bits per heavy atom. The number of carbonyl (C=O) groups excluding carboxylic acids is 1. The zero-order valence-electron chi connectivity index (χ0n) is 15.5. The van der Waals surface area contributed by atoms with Gasteiger partial charge in [0.15, 0.2) is 5.96 Å². The van der Waals surface area contributed by atoms with E-state index in [4.69, 9.17) is 0 Å². The molecule has 3 N–H and O–H groups in total. The number of aliphatic hydroxyl groups excluding tert-OH is 1. The molecule has 1 unspecified atom stereocenters. The van der Waals surface area contributed by atoms with Crippen molar-refractivity contribution < 1.29 is 9.90 Å². The van der Waals surface area contributed by atoms with E-state index < -0.39 is 0 Å². The molecule has 1 atom stereocenters. The predicted molar refractivity (Wildman–Crippen MR) is 116 cm³/mol. The van der Waals surface area contributed by atoms with E-state index in [1.807, 2.05) is 42.2 Å². The number of aliphatic imine (C=N–C) groups is 1. The Bertz CT molecular complexity index is 548. The summed E-state index contributed by atoms with van der Waals surface area (Å²) >= 11 is 0. The summed E-state index contributed by atoms with van der Waals surface area (Å²) in [6.07, 6.45) is 2.71. The minimum Gasteiger partial charge on any atom is -0.396 e. The van der Waals surface area contributed by atoms with E-state index >= 15 is 0 Å². The van der Waals surface area contributed by atoms with Crippen LogP contribution >= 0.6 is 24.0 Å². The van der Waals surface area contributed by atoms with Crippen molar-refractivity contribution in [2.24, 2.45) is 4.99 Å². The van der Waals surface area contributed by atoms with Gasteiger partial charge in [-0.05, 0) is 25.3 Å². The van der Waals surface area contributed by atoms with Gasteiger partial charge in [0, 0.05) is 38.5 Å². The van der Waals surface area contributed by atoms with E-state index in [0.29, 0.717) is 25.5 Å². The van der Waals surface area contributed by atoms with Crippen LogP contribution in [-0.2, 0) is 4.79 Å². The molecule has 6 nitrogen and oxygen atoms in total. The monoisotopic (exact) mass is 474 g/mol. The normalized spacial score (nSPS) is 15.3. The Morgan fingerprint density at radius 2 is 1.92 bits per heavy atom. The molecule has 1 heterocycles. The van der Waals surface area contributed by atoms with Crippen molar-refractivity contribution in [3.8, 4) is 0 Å². The van der Waals surface area contributed by atoms with Crippen LogP contribution in [0.5, 0.6) is 0 Å². The van der Waals surface area contributed by atoms with Gasteiger partial charge in [-0.2, -0.15) is 0 Å². The molecular formula is C19H31IN4O2. The smallest absolute Gasteiger partial charge is 0.224 e. The Labute approximate surface area is 173 Å². The fraction of sp³-hybridized carbons (Fsp3) is 0.579. The van der Waals surface area contributed by atoms with Crippen LogP contribution in [0.3, 0.4) is 0 Å². The van der Waals surface area contributed by atoms with Crippen molar-refractivity contribution in [1.82, 2.24) is 15.5 Å². The number of rotatable bonds is 8. The number of nitrogens with one attached hydrogen (secondary N) is 2. The number of hydrogen-bond acceptors (Lipinski definition) is 3. The van der Waals surface area contributed by atoms with Crippen LogP contribution in [0.2, 0.25) is 0 Å². The third-order valence-corrected chi connectivity index (χ3v) is 4.40. The molecule has 0 saturated carbocycles. The first-order valence-corrected chi connectivity index (χ1v) is 9.20. The molecule has 0 aromatic heterocycles. The lowest BCUT2D eigenvalue weighted by Crippen LogP contribution is -2.40. The lowest BCUT2D eigenvalue weighted by molar-refractivity contribution is -0.129. The number of halogens is 1. The number of carbonyl (C=O) groups is 1. The van der Waals surface area contributed by atoms with Gasteiger partial charge in [-0.25, -0.2) is 0 Å². The minimum absolute atomic E-state index is 0. The second-order valence-electron chi connectivity index (χ2n) is 6.27. The van der Waals surface area contributed by atoms with Gasteiger partial charge in [-0.1, -0.05) is 30.3 Å². The Morgan fingerprint density at radius 1 is 1.23 bits per heavy atom. The second-order valence-corrected chi connectivity index (χ2v) is 6.27. The average molecular weight is 474 g/mol. The molecule has 146 valence electrons. The van der Waals surface area contributed by atoms with Crippen LogP contribution in [0.15, 0.2) is 35.3 Å². The van der Waals surface area contributed by atoms with Crippen LogP contribution in [0, 0.1) is 0 Å². The van der Waals surface area contributed by atoms with Crippen LogP contribution < -0.4 is 10.6 Å². The molecule has 1 fully saturated rings. The molecule has 1 aromatic carbocycles. The second kappa shape index (κ2) is 12.9. The van der Waals surface area contributed by atoms with Gasteiger partial charge >= 0.3 is 0 Å². The highest BCUT2D eigenvalue weighted by molar-refractivity contribution is 14.0. The number of aliphatic hydroxyl groups is 1. The summed E-state index contributed by atoms with van der Waals surface area (Å²) in [6.45, 7) is 5.66. The highest BCUT2D eigenvalue weighted by Crippen LogP contribution is 2.15. The van der Waals surface area contributed by atoms with Crippen LogP contribution in [-0.4, -0.2) is 61.2 Å². The van der Waals surface area contributed by atoms with E-state index in [2.05, 4.69) is 15.6 Å². The van der Waals surface area contributed by atoms with Crippen molar-refractivity contribution in [1.29, 1.82) is 0 Å². The fourth-order valence-electron chi connectivity index (χ4n) is 2.95. The lowest BCUT2D eigenvalue weighted by Gasteiger charge is -2.17. The molecule has 1 aromatic rings. The zero-order chi connectivity index (χ0) is 17.9. The van der Waals surface area contributed by atoms with Gasteiger partial charge in [0.05, 0.1) is 13.2 Å². The van der Waals surface area contributed by atoms with E-state index in [-0.39, 0.29) is 42.4 Å². The van der Waals surface area contributed by atoms with E-state index in [9.17, 15) is 9.90 Å². The predicted octanol–water partition coefficient (Wildman–Crippen LogP) is 1.95. The topological polar surface area (TPSA) is 77.0 Å². The summed E-state index contributed by atoms with van der Waals surface area (Å²) in [6, 6.07) is 9.91. The number of hydrogen-bond donors (Lipinski definition) is 3. The summed E-state index contributed by atoms with van der Waals surface area (Å²) in [5.74, 6) is 0.868. The van der Waals surface area contributed by atoms with Crippen LogP contribution in [0.1, 0.15) is 37.7 Å². The molecule has 7 heteroatoms. The first-order valence-electron chi connectivity index (χ1n) is 9.20. The van der Waals surface area contributed by atoms with E-state index in [0.717, 1.165) is 38.0 Å². The van der Waals surface area contributed by atoms with E-state index in [1.165, 1.54) is 0 Å². The maximum atomic E-state index is 12.1. The Kier molecular flexibility index (Phi) is 11.3. The van der Waals surface area contributed by atoms with Gasteiger partial charge in [0.1, 0.15) is 0 Å². The highest BCUT2D eigenvalue weighted by Gasteiger charge is 2.17. The van der Waals surface area contributed by atoms with Gasteiger partial charge in [0.25, 0.3) is 0 Å². The van der Waals surface area contributed by atoms with Crippen LogP contribution in [0.25, 0.3) is 0 Å². The summed E-state index contributed by atoms with van der Waals surface area (Å²) in [7, 11) is 0. The van der Waals surface area contributed by atoms with E-state index in [1.54, 1.807) is 0 Å². The first-order chi connectivity index (χ1) is 12.2. The number of likely N-dealkylation sites (tertiary alicyclic amines) is 1.